The van der Waals surface area contributed by atoms with Gasteiger partial charge in [-0.15, -0.1) is 0 Å². The van der Waals surface area contributed by atoms with Crippen molar-refractivity contribution in [2.24, 2.45) is 0 Å². The first-order valence-electron chi connectivity index (χ1n) is 35.0. The van der Waals surface area contributed by atoms with Crippen LogP contribution in [0.1, 0.15) is 322 Å². The van der Waals surface area contributed by atoms with E-state index in [-0.39, 0.29) is 19.1 Å². The van der Waals surface area contributed by atoms with Gasteiger partial charge >= 0.3 is 7.82 Å². The molecule has 478 valence electrons. The summed E-state index contributed by atoms with van der Waals surface area (Å²) < 4.78 is 23.9. The third-order valence-corrected chi connectivity index (χ3v) is 16.6. The predicted molar refractivity (Wildman–Crippen MR) is 360 cm³/mol. The smallest absolute Gasteiger partial charge is 0.391 e. The number of carbonyl (C=O) groups is 1. The molecule has 0 rings (SSSR count). The van der Waals surface area contributed by atoms with Crippen LogP contribution >= 0.6 is 7.82 Å². The van der Waals surface area contributed by atoms with Gasteiger partial charge in [-0.2, -0.15) is 0 Å². The van der Waals surface area contributed by atoms with Crippen molar-refractivity contribution >= 4 is 13.7 Å². The Labute approximate surface area is 509 Å². The van der Waals surface area contributed by atoms with Crippen molar-refractivity contribution in [1.29, 1.82) is 0 Å². The fourth-order valence-corrected chi connectivity index (χ4v) is 11.0. The minimum Gasteiger partial charge on any atom is -0.391 e. The van der Waals surface area contributed by atoms with E-state index in [1.54, 1.807) is 0 Å². The van der Waals surface area contributed by atoms with Crippen LogP contribution in [0.5, 0.6) is 0 Å². The van der Waals surface area contributed by atoms with E-state index in [1.165, 1.54) is 212 Å². The van der Waals surface area contributed by atoms with Crippen LogP contribution in [0.2, 0.25) is 0 Å². The second kappa shape index (κ2) is 63.2. The zero-order valence-electron chi connectivity index (χ0n) is 54.7. The minimum atomic E-state index is -4.33. The Bertz CT molecular complexity index is 1610. The van der Waals surface area contributed by atoms with E-state index < -0.39 is 20.0 Å². The topological polar surface area (TPSA) is 105 Å². The number of aliphatic hydroxyl groups is 1. The van der Waals surface area contributed by atoms with Gasteiger partial charge in [-0.05, 0) is 70.6 Å². The largest absolute Gasteiger partial charge is 0.472 e. The second-order valence-electron chi connectivity index (χ2n) is 24.9. The normalized spacial score (nSPS) is 14.2. The molecule has 0 aromatic rings. The van der Waals surface area contributed by atoms with Crippen molar-refractivity contribution < 1.29 is 32.9 Å². The predicted octanol–water partition coefficient (Wildman–Crippen LogP) is 22.3. The first kappa shape index (κ1) is 79.7. The molecule has 0 saturated carbocycles. The summed E-state index contributed by atoms with van der Waals surface area (Å²) in [4.78, 5) is 23.5. The monoisotopic (exact) mass is 1170 g/mol. The first-order chi connectivity index (χ1) is 40.0. The molecule has 0 saturated heterocycles. The lowest BCUT2D eigenvalue weighted by Gasteiger charge is -2.26. The summed E-state index contributed by atoms with van der Waals surface area (Å²) in [6, 6.07) is -0.767. The Kier molecular flexibility index (Phi) is 61.4. The van der Waals surface area contributed by atoms with E-state index in [9.17, 15) is 19.4 Å². The van der Waals surface area contributed by atoms with Crippen LogP contribution in [0.15, 0.2) is 85.1 Å². The molecule has 0 spiro atoms. The third-order valence-electron chi connectivity index (χ3n) is 15.7. The number of likely N-dealkylation sites (N-methyl/N-ethyl adjacent to an activating group) is 1. The third kappa shape index (κ3) is 65.2. The van der Waals surface area contributed by atoms with Crippen LogP contribution in [0.3, 0.4) is 0 Å². The Morgan fingerprint density at radius 1 is 0.427 bits per heavy atom. The summed E-state index contributed by atoms with van der Waals surface area (Å²) in [5.74, 6) is -0.144. The highest BCUT2D eigenvalue weighted by atomic mass is 31.2. The molecule has 0 fully saturated rings. The molecular formula is C73H136N2O6P+. The van der Waals surface area contributed by atoms with Gasteiger partial charge in [0.05, 0.1) is 39.9 Å². The maximum atomic E-state index is 13.1. The quantitative estimate of drug-likeness (QED) is 0.0243. The van der Waals surface area contributed by atoms with Gasteiger partial charge in [-0.25, -0.2) is 4.57 Å². The molecule has 3 unspecified atom stereocenters. The molecule has 0 aliphatic carbocycles. The van der Waals surface area contributed by atoms with Crippen LogP contribution in [-0.2, 0) is 18.4 Å². The highest BCUT2D eigenvalue weighted by molar-refractivity contribution is 7.47. The maximum Gasteiger partial charge on any atom is 0.472 e. The van der Waals surface area contributed by atoms with Crippen LogP contribution in [0, 0.1) is 0 Å². The van der Waals surface area contributed by atoms with Crippen LogP contribution in [0.4, 0.5) is 0 Å². The lowest BCUT2D eigenvalue weighted by atomic mass is 10.0. The molecule has 0 heterocycles. The average Bonchev–Trinajstić information content (AvgIpc) is 3.45. The number of quaternary nitrogens is 1. The Morgan fingerprint density at radius 2 is 0.732 bits per heavy atom. The molecule has 1 amide bonds. The van der Waals surface area contributed by atoms with Gasteiger partial charge in [-0.1, -0.05) is 330 Å². The fraction of sp³-hybridized carbons (Fsp3) is 0.795. The van der Waals surface area contributed by atoms with Crippen LogP contribution in [-0.4, -0.2) is 73.4 Å². The van der Waals surface area contributed by atoms with E-state index in [0.29, 0.717) is 23.9 Å². The number of aliphatic hydroxyl groups excluding tert-OH is 1. The van der Waals surface area contributed by atoms with Crippen molar-refractivity contribution in [2.75, 3.05) is 40.9 Å². The number of nitrogens with one attached hydrogen (secondary N) is 1. The number of allylic oxidation sites excluding steroid dienone is 14. The summed E-state index contributed by atoms with van der Waals surface area (Å²) in [7, 11) is 1.62. The molecule has 0 aliphatic heterocycles. The zero-order valence-corrected chi connectivity index (χ0v) is 55.6. The van der Waals surface area contributed by atoms with E-state index >= 15 is 0 Å². The van der Waals surface area contributed by atoms with Gasteiger partial charge in [0.25, 0.3) is 0 Å². The van der Waals surface area contributed by atoms with E-state index in [0.717, 1.165) is 83.5 Å². The highest BCUT2D eigenvalue weighted by Crippen LogP contribution is 2.43. The van der Waals surface area contributed by atoms with Gasteiger partial charge in [0.1, 0.15) is 13.2 Å². The standard InChI is InChI=1S/C73H135N2O6P/c1-6-8-10-12-14-16-18-20-22-24-26-28-30-32-33-34-35-36-37-38-39-40-41-43-45-47-49-51-53-55-57-59-61-63-65-67-73(77)74-71(70-81-82(78,79)80-69-68-75(3,4)5)72(76)66-64-62-60-58-56-54-52-50-48-46-44-42-31-29-27-25-23-21-19-17-15-13-11-9-7-2/h8,10,14,16,20,22,26,28,32-33,35-36,38-39,71-72,76H,6-7,9,11-13,15,17-19,21,23-25,27,29-31,34,37,40-70H2,1-5H3,(H-,74,77,78,79)/p+1/b10-8-,16-14-,22-20-,28-26-,33-32-,36-35-,39-38-. The molecule has 82 heavy (non-hydrogen) atoms. The van der Waals surface area contributed by atoms with Crippen molar-refractivity contribution in [1.82, 2.24) is 5.32 Å². The average molecular weight is 1170 g/mol. The Morgan fingerprint density at radius 3 is 1.07 bits per heavy atom. The zero-order chi connectivity index (χ0) is 59.8. The van der Waals surface area contributed by atoms with Crippen molar-refractivity contribution in [3.63, 3.8) is 0 Å². The van der Waals surface area contributed by atoms with Gasteiger partial charge in [0, 0.05) is 6.42 Å². The number of amides is 1. The number of carbonyl (C=O) groups excluding carboxylic acids is 1. The molecule has 0 bridgehead atoms. The summed E-state index contributed by atoms with van der Waals surface area (Å²) in [6.45, 7) is 4.81. The van der Waals surface area contributed by atoms with Crippen LogP contribution < -0.4 is 5.32 Å². The van der Waals surface area contributed by atoms with Crippen molar-refractivity contribution in [2.45, 2.75) is 334 Å². The number of nitrogens with zero attached hydrogens (tertiary/aromatic N) is 1. The van der Waals surface area contributed by atoms with Gasteiger partial charge in [0.2, 0.25) is 5.91 Å². The van der Waals surface area contributed by atoms with Gasteiger partial charge < -0.3 is 19.8 Å². The minimum absolute atomic E-state index is 0.0726. The number of hydrogen-bond donors (Lipinski definition) is 3. The van der Waals surface area contributed by atoms with Gasteiger partial charge in [0.15, 0.2) is 0 Å². The second-order valence-corrected chi connectivity index (χ2v) is 26.3. The number of phosphoric acid groups is 1. The summed E-state index contributed by atoms with van der Waals surface area (Å²) >= 11 is 0. The molecule has 3 atom stereocenters. The summed E-state index contributed by atoms with van der Waals surface area (Å²) in [6.07, 6.45) is 89.6. The lowest BCUT2D eigenvalue weighted by Crippen LogP contribution is -2.46. The van der Waals surface area contributed by atoms with Gasteiger partial charge in [-0.3, -0.25) is 13.8 Å². The van der Waals surface area contributed by atoms with E-state index in [2.05, 4.69) is 104 Å². The molecular weight excluding hydrogens is 1030 g/mol. The number of phosphoric ester groups is 1. The fourth-order valence-electron chi connectivity index (χ4n) is 10.3. The van der Waals surface area contributed by atoms with E-state index in [4.69, 9.17) is 9.05 Å². The number of hydrogen-bond acceptors (Lipinski definition) is 5. The molecule has 0 aromatic heterocycles. The number of unbranched alkanes of at least 4 members (excludes halogenated alkanes) is 37. The molecule has 0 aliphatic rings. The number of rotatable bonds is 64. The highest BCUT2D eigenvalue weighted by Gasteiger charge is 2.28. The Hall–Kier alpha value is -2.32. The Balaban J connectivity index is 4.05. The lowest BCUT2D eigenvalue weighted by molar-refractivity contribution is -0.870. The van der Waals surface area contributed by atoms with E-state index in [1.807, 2.05) is 21.1 Å². The van der Waals surface area contributed by atoms with Crippen molar-refractivity contribution in [3.8, 4) is 0 Å². The van der Waals surface area contributed by atoms with Crippen molar-refractivity contribution in [3.05, 3.63) is 85.1 Å². The molecule has 0 aromatic carbocycles. The molecule has 9 heteroatoms. The van der Waals surface area contributed by atoms with Crippen LogP contribution in [0.25, 0.3) is 0 Å². The molecule has 3 N–H and O–H groups in total. The summed E-state index contributed by atoms with van der Waals surface area (Å²) in [5.41, 5.74) is 0. The molecule has 8 nitrogen and oxygen atoms in total. The first-order valence-corrected chi connectivity index (χ1v) is 36.4. The summed E-state index contributed by atoms with van der Waals surface area (Å²) in [5, 5.41) is 14.2. The maximum absolute atomic E-state index is 13.1. The molecule has 0 radical (unpaired) electrons. The SMILES string of the molecule is CC/C=C\C/C=C\C/C=C\C/C=C\C/C=C\C/C=C\C/C=C\CCCCCCCCCCCCCCCC(=O)NC(COP(=O)(O)OCC[N+](C)(C)C)C(O)CCCCCCCCCCCCCCCCCCCCCCCCCCC.